The Bertz CT molecular complexity index is 455. The fourth-order valence-corrected chi connectivity index (χ4v) is 2.69. The number of aromatic nitrogens is 1. The molecule has 0 amide bonds. The quantitative estimate of drug-likeness (QED) is 0.642. The molecule has 6 nitrogen and oxygen atoms in total. The number of likely N-dealkylation sites (tertiary alicyclic amines) is 1. The SMILES string of the molecule is CN=C(NCCN1CCCCCC1)NCc1nc(C)c(C)o1. The van der Waals surface area contributed by atoms with Gasteiger partial charge in [-0.15, -0.1) is 0 Å². The predicted molar refractivity (Wildman–Crippen MR) is 89.1 cm³/mol. The molecule has 1 aromatic rings. The summed E-state index contributed by atoms with van der Waals surface area (Å²) in [5, 5.41) is 6.60. The third kappa shape index (κ3) is 5.33. The molecular formula is C16H29N5O. The summed E-state index contributed by atoms with van der Waals surface area (Å²) in [4.78, 5) is 11.1. The first kappa shape index (κ1) is 16.8. The summed E-state index contributed by atoms with van der Waals surface area (Å²) in [6.07, 6.45) is 5.41. The average molecular weight is 307 g/mol. The molecule has 22 heavy (non-hydrogen) atoms. The zero-order valence-corrected chi connectivity index (χ0v) is 14.1. The molecule has 1 saturated heterocycles. The van der Waals surface area contributed by atoms with Crippen molar-refractivity contribution in [3.05, 3.63) is 17.3 Å². The van der Waals surface area contributed by atoms with Crippen LogP contribution in [0.2, 0.25) is 0 Å². The minimum atomic E-state index is 0.554. The van der Waals surface area contributed by atoms with Crippen LogP contribution in [0, 0.1) is 13.8 Å². The van der Waals surface area contributed by atoms with Gasteiger partial charge in [-0.25, -0.2) is 4.98 Å². The van der Waals surface area contributed by atoms with E-state index in [0.29, 0.717) is 12.4 Å². The van der Waals surface area contributed by atoms with E-state index in [1.54, 1.807) is 7.05 Å². The summed E-state index contributed by atoms with van der Waals surface area (Å²) in [5.41, 5.74) is 0.945. The van der Waals surface area contributed by atoms with Crippen LogP contribution in [0.4, 0.5) is 0 Å². The van der Waals surface area contributed by atoms with Crippen molar-refractivity contribution in [2.75, 3.05) is 33.2 Å². The van der Waals surface area contributed by atoms with Gasteiger partial charge in [0.15, 0.2) is 5.96 Å². The van der Waals surface area contributed by atoms with Crippen LogP contribution in [0.25, 0.3) is 0 Å². The lowest BCUT2D eigenvalue weighted by atomic mass is 10.2. The third-order valence-corrected chi connectivity index (χ3v) is 4.12. The van der Waals surface area contributed by atoms with Crippen LogP contribution in [-0.4, -0.2) is 49.1 Å². The molecule has 2 rings (SSSR count). The lowest BCUT2D eigenvalue weighted by Gasteiger charge is -2.20. The lowest BCUT2D eigenvalue weighted by molar-refractivity contribution is 0.289. The minimum absolute atomic E-state index is 0.554. The molecule has 124 valence electrons. The fourth-order valence-electron chi connectivity index (χ4n) is 2.69. The van der Waals surface area contributed by atoms with E-state index in [2.05, 4.69) is 25.5 Å². The fraction of sp³-hybridized carbons (Fsp3) is 0.750. The number of hydrogen-bond donors (Lipinski definition) is 2. The van der Waals surface area contributed by atoms with Crippen molar-refractivity contribution >= 4 is 5.96 Å². The summed E-state index contributed by atoms with van der Waals surface area (Å²) >= 11 is 0. The van der Waals surface area contributed by atoms with Gasteiger partial charge >= 0.3 is 0 Å². The number of oxazole rings is 1. The maximum absolute atomic E-state index is 5.56. The smallest absolute Gasteiger partial charge is 0.214 e. The highest BCUT2D eigenvalue weighted by atomic mass is 16.4. The first-order chi connectivity index (χ1) is 10.7. The molecule has 0 aromatic carbocycles. The number of guanidine groups is 1. The van der Waals surface area contributed by atoms with E-state index < -0.39 is 0 Å². The van der Waals surface area contributed by atoms with Crippen LogP contribution in [0.1, 0.15) is 43.0 Å². The molecule has 1 fully saturated rings. The third-order valence-electron chi connectivity index (χ3n) is 4.12. The topological polar surface area (TPSA) is 65.7 Å². The van der Waals surface area contributed by atoms with Crippen LogP contribution < -0.4 is 10.6 Å². The molecule has 1 aliphatic rings. The molecule has 1 aliphatic heterocycles. The van der Waals surface area contributed by atoms with Gasteiger partial charge in [0.1, 0.15) is 5.76 Å². The van der Waals surface area contributed by atoms with Crippen LogP contribution in [0.3, 0.4) is 0 Å². The number of aryl methyl sites for hydroxylation is 2. The number of nitrogens with zero attached hydrogens (tertiary/aromatic N) is 3. The van der Waals surface area contributed by atoms with E-state index in [-0.39, 0.29) is 0 Å². The van der Waals surface area contributed by atoms with Gasteiger partial charge in [-0.3, -0.25) is 4.99 Å². The second-order valence-corrected chi connectivity index (χ2v) is 5.86. The minimum Gasteiger partial charge on any atom is -0.444 e. The highest BCUT2D eigenvalue weighted by molar-refractivity contribution is 5.79. The Labute approximate surface area is 133 Å². The molecule has 0 spiro atoms. The van der Waals surface area contributed by atoms with E-state index in [4.69, 9.17) is 4.42 Å². The monoisotopic (exact) mass is 307 g/mol. The van der Waals surface area contributed by atoms with Gasteiger partial charge in [-0.1, -0.05) is 12.8 Å². The van der Waals surface area contributed by atoms with Crippen molar-refractivity contribution in [3.63, 3.8) is 0 Å². The van der Waals surface area contributed by atoms with Gasteiger partial charge < -0.3 is 20.0 Å². The van der Waals surface area contributed by atoms with Crippen molar-refractivity contribution < 1.29 is 4.42 Å². The summed E-state index contributed by atoms with van der Waals surface area (Å²) in [5.74, 6) is 2.37. The second kappa shape index (κ2) is 8.78. The molecule has 0 atom stereocenters. The van der Waals surface area contributed by atoms with Crippen molar-refractivity contribution in [3.8, 4) is 0 Å². The standard InChI is InChI=1S/C16H29N5O/c1-13-14(2)22-15(20-13)12-19-16(17-3)18-8-11-21-9-6-4-5-7-10-21/h4-12H2,1-3H3,(H2,17,18,19). The van der Waals surface area contributed by atoms with E-state index in [1.807, 2.05) is 13.8 Å². The summed E-state index contributed by atoms with van der Waals surface area (Å²) in [7, 11) is 1.79. The summed E-state index contributed by atoms with van der Waals surface area (Å²) in [6, 6.07) is 0. The summed E-state index contributed by atoms with van der Waals surface area (Å²) < 4.78 is 5.56. The Morgan fingerprint density at radius 2 is 1.91 bits per heavy atom. The number of nitrogens with one attached hydrogen (secondary N) is 2. The highest BCUT2D eigenvalue weighted by Crippen LogP contribution is 2.09. The van der Waals surface area contributed by atoms with Gasteiger partial charge in [0.05, 0.1) is 12.2 Å². The van der Waals surface area contributed by atoms with E-state index in [0.717, 1.165) is 30.5 Å². The first-order valence-corrected chi connectivity index (χ1v) is 8.29. The van der Waals surface area contributed by atoms with Crippen LogP contribution in [0.15, 0.2) is 9.41 Å². The van der Waals surface area contributed by atoms with E-state index in [1.165, 1.54) is 38.8 Å². The van der Waals surface area contributed by atoms with Crippen LogP contribution in [0.5, 0.6) is 0 Å². The van der Waals surface area contributed by atoms with Crippen molar-refractivity contribution in [1.29, 1.82) is 0 Å². The Balaban J connectivity index is 1.68. The molecule has 1 aromatic heterocycles. The molecule has 0 unspecified atom stereocenters. The molecule has 2 N–H and O–H groups in total. The normalized spacial score (nSPS) is 17.3. The second-order valence-electron chi connectivity index (χ2n) is 5.86. The molecular weight excluding hydrogens is 278 g/mol. The Morgan fingerprint density at radius 3 is 2.50 bits per heavy atom. The lowest BCUT2D eigenvalue weighted by Crippen LogP contribution is -2.41. The van der Waals surface area contributed by atoms with Crippen LogP contribution >= 0.6 is 0 Å². The average Bonchev–Trinajstić information content (AvgIpc) is 2.71. The van der Waals surface area contributed by atoms with Crippen molar-refractivity contribution in [1.82, 2.24) is 20.5 Å². The molecule has 2 heterocycles. The molecule has 0 radical (unpaired) electrons. The summed E-state index contributed by atoms with van der Waals surface area (Å²) in [6.45, 7) is 8.86. The zero-order chi connectivity index (χ0) is 15.8. The molecule has 0 bridgehead atoms. The van der Waals surface area contributed by atoms with E-state index in [9.17, 15) is 0 Å². The molecule has 6 heteroatoms. The Hall–Kier alpha value is -1.56. The van der Waals surface area contributed by atoms with Crippen molar-refractivity contribution in [2.24, 2.45) is 4.99 Å². The van der Waals surface area contributed by atoms with Gasteiger partial charge in [-0.2, -0.15) is 0 Å². The number of hydrogen-bond acceptors (Lipinski definition) is 4. The highest BCUT2D eigenvalue weighted by Gasteiger charge is 2.09. The number of aliphatic imine (C=N–C) groups is 1. The predicted octanol–water partition coefficient (Wildman–Crippen LogP) is 1.83. The first-order valence-electron chi connectivity index (χ1n) is 8.29. The van der Waals surface area contributed by atoms with E-state index >= 15 is 0 Å². The number of rotatable bonds is 5. The van der Waals surface area contributed by atoms with Gasteiger partial charge in [0.25, 0.3) is 0 Å². The maximum atomic E-state index is 5.56. The van der Waals surface area contributed by atoms with Crippen molar-refractivity contribution in [2.45, 2.75) is 46.1 Å². The Morgan fingerprint density at radius 1 is 1.18 bits per heavy atom. The van der Waals surface area contributed by atoms with Crippen LogP contribution in [-0.2, 0) is 6.54 Å². The molecule has 0 saturated carbocycles. The largest absolute Gasteiger partial charge is 0.444 e. The van der Waals surface area contributed by atoms with Gasteiger partial charge in [0, 0.05) is 20.1 Å². The zero-order valence-electron chi connectivity index (χ0n) is 14.1. The Kier molecular flexibility index (Phi) is 6.71. The van der Waals surface area contributed by atoms with Gasteiger partial charge in [0.2, 0.25) is 5.89 Å². The van der Waals surface area contributed by atoms with Gasteiger partial charge in [-0.05, 0) is 39.8 Å². The molecule has 0 aliphatic carbocycles. The maximum Gasteiger partial charge on any atom is 0.214 e.